The SMILES string of the molecule is COC(=O)c1ccc(OC(C)C)nc1C1CC1. The Bertz CT molecular complexity index is 425. The Balaban J connectivity index is 2.31. The number of nitrogens with zero attached hydrogens (tertiary/aromatic N) is 1. The van der Waals surface area contributed by atoms with Crippen LogP contribution in [0.5, 0.6) is 5.88 Å². The molecule has 1 saturated carbocycles. The monoisotopic (exact) mass is 235 g/mol. The average molecular weight is 235 g/mol. The lowest BCUT2D eigenvalue weighted by molar-refractivity contribution is 0.0598. The van der Waals surface area contributed by atoms with Crippen LogP contribution in [0, 0.1) is 0 Å². The van der Waals surface area contributed by atoms with Crippen LogP contribution in [0.4, 0.5) is 0 Å². The second-order valence-corrected chi connectivity index (χ2v) is 4.51. The molecule has 0 unspecified atom stereocenters. The molecule has 0 N–H and O–H groups in total. The van der Waals surface area contributed by atoms with Crippen molar-refractivity contribution in [3.63, 3.8) is 0 Å². The van der Waals surface area contributed by atoms with Gasteiger partial charge in [0.15, 0.2) is 0 Å². The zero-order valence-electron chi connectivity index (χ0n) is 10.4. The molecule has 1 aliphatic carbocycles. The molecule has 0 radical (unpaired) electrons. The van der Waals surface area contributed by atoms with Gasteiger partial charge in [-0.05, 0) is 32.8 Å². The molecule has 0 aromatic carbocycles. The molecule has 2 rings (SSSR count). The Kier molecular flexibility index (Phi) is 3.31. The zero-order chi connectivity index (χ0) is 12.4. The van der Waals surface area contributed by atoms with E-state index in [0.29, 0.717) is 17.4 Å². The van der Waals surface area contributed by atoms with Crippen molar-refractivity contribution in [2.75, 3.05) is 7.11 Å². The van der Waals surface area contributed by atoms with Crippen molar-refractivity contribution >= 4 is 5.97 Å². The number of rotatable bonds is 4. The third-order valence-corrected chi connectivity index (χ3v) is 2.62. The van der Waals surface area contributed by atoms with Gasteiger partial charge in [0.05, 0.1) is 24.5 Å². The van der Waals surface area contributed by atoms with Crippen molar-refractivity contribution in [3.8, 4) is 5.88 Å². The van der Waals surface area contributed by atoms with Crippen LogP contribution in [-0.2, 0) is 4.74 Å². The van der Waals surface area contributed by atoms with Crippen molar-refractivity contribution < 1.29 is 14.3 Å². The normalized spacial score (nSPS) is 14.8. The van der Waals surface area contributed by atoms with E-state index in [1.807, 2.05) is 13.8 Å². The van der Waals surface area contributed by atoms with E-state index in [1.54, 1.807) is 12.1 Å². The molecule has 1 heterocycles. The molecule has 1 aromatic rings. The number of carbonyl (C=O) groups excluding carboxylic acids is 1. The zero-order valence-corrected chi connectivity index (χ0v) is 10.4. The van der Waals surface area contributed by atoms with E-state index < -0.39 is 0 Å². The third-order valence-electron chi connectivity index (χ3n) is 2.62. The molecule has 0 saturated heterocycles. The Morgan fingerprint density at radius 3 is 2.65 bits per heavy atom. The van der Waals surface area contributed by atoms with Gasteiger partial charge in [0.25, 0.3) is 0 Å². The van der Waals surface area contributed by atoms with Gasteiger partial charge in [-0.1, -0.05) is 0 Å². The minimum Gasteiger partial charge on any atom is -0.475 e. The first-order chi connectivity index (χ1) is 8.11. The summed E-state index contributed by atoms with van der Waals surface area (Å²) in [5, 5.41) is 0. The van der Waals surface area contributed by atoms with Crippen LogP contribution < -0.4 is 4.74 Å². The number of carbonyl (C=O) groups is 1. The molecule has 0 bridgehead atoms. The Morgan fingerprint density at radius 1 is 1.41 bits per heavy atom. The van der Waals surface area contributed by atoms with E-state index in [2.05, 4.69) is 4.98 Å². The minimum absolute atomic E-state index is 0.0820. The van der Waals surface area contributed by atoms with Crippen LogP contribution >= 0.6 is 0 Å². The maximum absolute atomic E-state index is 11.6. The summed E-state index contributed by atoms with van der Waals surface area (Å²) in [6.45, 7) is 3.90. The molecule has 0 aliphatic heterocycles. The van der Waals surface area contributed by atoms with Gasteiger partial charge in [0, 0.05) is 12.0 Å². The van der Waals surface area contributed by atoms with Crippen molar-refractivity contribution in [1.29, 1.82) is 0 Å². The molecule has 1 fully saturated rings. The maximum Gasteiger partial charge on any atom is 0.339 e. The molecular formula is C13H17NO3. The molecule has 0 amide bonds. The smallest absolute Gasteiger partial charge is 0.339 e. The van der Waals surface area contributed by atoms with Crippen LogP contribution in [-0.4, -0.2) is 24.2 Å². The standard InChI is InChI=1S/C13H17NO3/c1-8(2)17-11-7-6-10(13(15)16-3)12(14-11)9-4-5-9/h6-9H,4-5H2,1-3H3. The summed E-state index contributed by atoms with van der Waals surface area (Å²) in [5.74, 6) is 0.643. The molecule has 1 aliphatic rings. The fourth-order valence-corrected chi connectivity index (χ4v) is 1.71. The molecule has 1 aromatic heterocycles. The van der Waals surface area contributed by atoms with Gasteiger partial charge in [-0.3, -0.25) is 0 Å². The summed E-state index contributed by atoms with van der Waals surface area (Å²) in [6, 6.07) is 3.46. The second-order valence-electron chi connectivity index (χ2n) is 4.51. The van der Waals surface area contributed by atoms with Gasteiger partial charge in [-0.2, -0.15) is 0 Å². The number of hydrogen-bond acceptors (Lipinski definition) is 4. The first kappa shape index (κ1) is 11.9. The highest BCUT2D eigenvalue weighted by Crippen LogP contribution is 2.41. The lowest BCUT2D eigenvalue weighted by Crippen LogP contribution is -2.11. The van der Waals surface area contributed by atoms with Gasteiger partial charge in [-0.25, -0.2) is 9.78 Å². The van der Waals surface area contributed by atoms with E-state index in [1.165, 1.54) is 7.11 Å². The Hall–Kier alpha value is -1.58. The van der Waals surface area contributed by atoms with Crippen LogP contribution in [0.1, 0.15) is 48.7 Å². The lowest BCUT2D eigenvalue weighted by atomic mass is 10.1. The summed E-state index contributed by atoms with van der Waals surface area (Å²) < 4.78 is 10.3. The van der Waals surface area contributed by atoms with Crippen molar-refractivity contribution in [1.82, 2.24) is 4.98 Å². The summed E-state index contributed by atoms with van der Waals surface area (Å²) in [5.41, 5.74) is 1.38. The van der Waals surface area contributed by atoms with Gasteiger partial charge >= 0.3 is 5.97 Å². The first-order valence-corrected chi connectivity index (χ1v) is 5.87. The molecular weight excluding hydrogens is 218 g/mol. The van der Waals surface area contributed by atoms with E-state index in [-0.39, 0.29) is 12.1 Å². The molecule has 4 nitrogen and oxygen atoms in total. The molecule has 92 valence electrons. The largest absolute Gasteiger partial charge is 0.475 e. The predicted molar refractivity (Wildman–Crippen MR) is 63.3 cm³/mol. The highest BCUT2D eigenvalue weighted by atomic mass is 16.5. The Morgan fingerprint density at radius 2 is 2.12 bits per heavy atom. The maximum atomic E-state index is 11.6. The lowest BCUT2D eigenvalue weighted by Gasteiger charge is -2.12. The summed E-state index contributed by atoms with van der Waals surface area (Å²) in [7, 11) is 1.39. The van der Waals surface area contributed by atoms with Gasteiger partial charge in [0.1, 0.15) is 0 Å². The Labute approximate surface area is 101 Å². The number of aromatic nitrogens is 1. The highest BCUT2D eigenvalue weighted by Gasteiger charge is 2.30. The summed E-state index contributed by atoms with van der Waals surface area (Å²) in [4.78, 5) is 16.0. The number of methoxy groups -OCH3 is 1. The molecule has 17 heavy (non-hydrogen) atoms. The van der Waals surface area contributed by atoms with E-state index in [9.17, 15) is 4.79 Å². The molecule has 4 heteroatoms. The number of ether oxygens (including phenoxy) is 2. The van der Waals surface area contributed by atoms with E-state index >= 15 is 0 Å². The van der Waals surface area contributed by atoms with Gasteiger partial charge < -0.3 is 9.47 Å². The quantitative estimate of drug-likeness (QED) is 0.752. The van der Waals surface area contributed by atoms with E-state index in [0.717, 1.165) is 18.5 Å². The van der Waals surface area contributed by atoms with Crippen LogP contribution in [0.2, 0.25) is 0 Å². The summed E-state index contributed by atoms with van der Waals surface area (Å²) >= 11 is 0. The van der Waals surface area contributed by atoms with Crippen molar-refractivity contribution in [3.05, 3.63) is 23.4 Å². The number of esters is 1. The fourth-order valence-electron chi connectivity index (χ4n) is 1.71. The number of pyridine rings is 1. The first-order valence-electron chi connectivity index (χ1n) is 5.87. The van der Waals surface area contributed by atoms with Gasteiger partial charge in [-0.15, -0.1) is 0 Å². The van der Waals surface area contributed by atoms with Crippen molar-refractivity contribution in [2.45, 2.75) is 38.7 Å². The fraction of sp³-hybridized carbons (Fsp3) is 0.538. The van der Waals surface area contributed by atoms with Gasteiger partial charge in [0.2, 0.25) is 5.88 Å². The number of hydrogen-bond donors (Lipinski definition) is 0. The average Bonchev–Trinajstić information content (AvgIpc) is 3.11. The van der Waals surface area contributed by atoms with Crippen LogP contribution in [0.3, 0.4) is 0 Å². The highest BCUT2D eigenvalue weighted by molar-refractivity contribution is 5.90. The van der Waals surface area contributed by atoms with Crippen LogP contribution in [0.15, 0.2) is 12.1 Å². The molecule has 0 atom stereocenters. The summed E-state index contributed by atoms with van der Waals surface area (Å²) in [6.07, 6.45) is 2.25. The molecule has 0 spiro atoms. The van der Waals surface area contributed by atoms with Crippen LogP contribution in [0.25, 0.3) is 0 Å². The minimum atomic E-state index is -0.324. The topological polar surface area (TPSA) is 48.4 Å². The van der Waals surface area contributed by atoms with Crippen molar-refractivity contribution in [2.24, 2.45) is 0 Å². The second kappa shape index (κ2) is 4.73. The third kappa shape index (κ3) is 2.75. The predicted octanol–water partition coefficient (Wildman–Crippen LogP) is 2.53. The van der Waals surface area contributed by atoms with E-state index in [4.69, 9.17) is 9.47 Å².